The van der Waals surface area contributed by atoms with Gasteiger partial charge in [0.15, 0.2) is 0 Å². The minimum absolute atomic E-state index is 0.237. The second-order valence-corrected chi connectivity index (χ2v) is 6.21. The van der Waals surface area contributed by atoms with E-state index in [1.807, 2.05) is 0 Å². The van der Waals surface area contributed by atoms with Crippen molar-refractivity contribution in [1.29, 1.82) is 0 Å². The van der Waals surface area contributed by atoms with Gasteiger partial charge in [0.2, 0.25) is 0 Å². The van der Waals surface area contributed by atoms with Gasteiger partial charge in [-0.2, -0.15) is 13.2 Å². The highest BCUT2D eigenvalue weighted by Gasteiger charge is 2.31. The summed E-state index contributed by atoms with van der Waals surface area (Å²) in [4.78, 5) is 13.9. The van der Waals surface area contributed by atoms with E-state index in [4.69, 9.17) is 4.74 Å². The van der Waals surface area contributed by atoms with Gasteiger partial charge in [0.05, 0.1) is 18.7 Å². The summed E-state index contributed by atoms with van der Waals surface area (Å²) in [6.07, 6.45) is -4.88. The fourth-order valence-corrected chi connectivity index (χ4v) is 2.81. The van der Waals surface area contributed by atoms with Crippen LogP contribution in [0.5, 0.6) is 0 Å². The first kappa shape index (κ1) is 19.2. The Morgan fingerprint density at radius 1 is 1.11 bits per heavy atom. The summed E-state index contributed by atoms with van der Waals surface area (Å²) in [7, 11) is 0. The van der Waals surface area contributed by atoms with Crippen molar-refractivity contribution in [3.05, 3.63) is 71.0 Å². The molecule has 2 amide bonds. The Bertz CT molecular complexity index is 776. The van der Waals surface area contributed by atoms with Gasteiger partial charge in [-0.3, -0.25) is 0 Å². The molecule has 0 saturated carbocycles. The van der Waals surface area contributed by atoms with E-state index in [2.05, 4.69) is 5.32 Å². The first-order chi connectivity index (χ1) is 12.8. The first-order valence-corrected chi connectivity index (χ1v) is 8.39. The van der Waals surface area contributed by atoms with Gasteiger partial charge in [-0.15, -0.1) is 0 Å². The smallest absolute Gasteiger partial charge is 0.370 e. The number of carbonyl (C=O) groups is 1. The molecule has 27 heavy (non-hydrogen) atoms. The van der Waals surface area contributed by atoms with Crippen LogP contribution in [0.15, 0.2) is 48.5 Å². The van der Waals surface area contributed by atoms with Gasteiger partial charge in [0.25, 0.3) is 0 Å². The third kappa shape index (κ3) is 4.97. The van der Waals surface area contributed by atoms with Crippen molar-refractivity contribution in [3.8, 4) is 0 Å². The number of hydrogen-bond donors (Lipinski definition) is 1. The summed E-state index contributed by atoms with van der Waals surface area (Å²) >= 11 is 0. The molecule has 1 aliphatic heterocycles. The zero-order chi connectivity index (χ0) is 19.4. The SMILES string of the molecule is O=C(NCc1ccc(F)cc1)N1CCO[C@H](c2ccc(C(F)(F)F)cc2)C1. The number of morpholine rings is 1. The molecule has 0 spiro atoms. The molecule has 8 heteroatoms. The summed E-state index contributed by atoms with van der Waals surface area (Å²) in [6.45, 7) is 1.16. The van der Waals surface area contributed by atoms with Crippen molar-refractivity contribution in [2.45, 2.75) is 18.8 Å². The molecule has 1 N–H and O–H groups in total. The van der Waals surface area contributed by atoms with Crippen LogP contribution in [0.4, 0.5) is 22.4 Å². The molecule has 144 valence electrons. The van der Waals surface area contributed by atoms with Crippen LogP contribution in [0.25, 0.3) is 0 Å². The molecule has 0 aliphatic carbocycles. The Kier molecular flexibility index (Phi) is 5.65. The Morgan fingerprint density at radius 2 is 1.78 bits per heavy atom. The fraction of sp³-hybridized carbons (Fsp3) is 0.316. The molecule has 0 bridgehead atoms. The third-order valence-electron chi connectivity index (χ3n) is 4.32. The van der Waals surface area contributed by atoms with Crippen molar-refractivity contribution in [2.24, 2.45) is 0 Å². The molecule has 0 unspecified atom stereocenters. The van der Waals surface area contributed by atoms with Crippen molar-refractivity contribution in [2.75, 3.05) is 19.7 Å². The number of alkyl halides is 3. The number of amides is 2. The fourth-order valence-electron chi connectivity index (χ4n) is 2.81. The van der Waals surface area contributed by atoms with Crippen LogP contribution in [-0.4, -0.2) is 30.6 Å². The van der Waals surface area contributed by atoms with Crippen LogP contribution in [0.3, 0.4) is 0 Å². The maximum Gasteiger partial charge on any atom is 0.416 e. The number of halogens is 4. The van der Waals surface area contributed by atoms with Crippen LogP contribution in [0.1, 0.15) is 22.8 Å². The highest BCUT2D eigenvalue weighted by Crippen LogP contribution is 2.31. The molecule has 1 heterocycles. The van der Waals surface area contributed by atoms with E-state index in [0.717, 1.165) is 17.7 Å². The predicted molar refractivity (Wildman–Crippen MR) is 90.3 cm³/mol. The lowest BCUT2D eigenvalue weighted by atomic mass is 10.1. The zero-order valence-corrected chi connectivity index (χ0v) is 14.3. The van der Waals surface area contributed by atoms with E-state index in [1.165, 1.54) is 24.3 Å². The zero-order valence-electron chi connectivity index (χ0n) is 14.3. The lowest BCUT2D eigenvalue weighted by molar-refractivity contribution is -0.137. The number of rotatable bonds is 3. The van der Waals surface area contributed by atoms with E-state index < -0.39 is 17.8 Å². The summed E-state index contributed by atoms with van der Waals surface area (Å²) < 4.78 is 56.5. The van der Waals surface area contributed by atoms with Gasteiger partial charge >= 0.3 is 12.2 Å². The number of hydrogen-bond acceptors (Lipinski definition) is 2. The average Bonchev–Trinajstić information content (AvgIpc) is 2.67. The second kappa shape index (κ2) is 7.96. The molecule has 3 rings (SSSR count). The summed E-state index contributed by atoms with van der Waals surface area (Å²) in [5.41, 5.74) is 0.618. The highest BCUT2D eigenvalue weighted by atomic mass is 19.4. The molecule has 1 fully saturated rings. The average molecular weight is 382 g/mol. The van der Waals surface area contributed by atoms with E-state index in [-0.39, 0.29) is 31.5 Å². The Hall–Kier alpha value is -2.61. The number of urea groups is 1. The molecule has 2 aromatic rings. The van der Waals surface area contributed by atoms with Crippen LogP contribution >= 0.6 is 0 Å². The van der Waals surface area contributed by atoms with Crippen molar-refractivity contribution in [1.82, 2.24) is 10.2 Å². The lowest BCUT2D eigenvalue weighted by Gasteiger charge is -2.33. The molecular weight excluding hydrogens is 364 g/mol. The third-order valence-corrected chi connectivity index (χ3v) is 4.32. The molecule has 1 atom stereocenters. The molecule has 1 saturated heterocycles. The molecule has 1 aliphatic rings. The van der Waals surface area contributed by atoms with Crippen LogP contribution in [0, 0.1) is 5.82 Å². The second-order valence-electron chi connectivity index (χ2n) is 6.21. The van der Waals surface area contributed by atoms with E-state index in [9.17, 15) is 22.4 Å². The maximum absolute atomic E-state index is 12.9. The van der Waals surface area contributed by atoms with E-state index in [0.29, 0.717) is 12.1 Å². The van der Waals surface area contributed by atoms with Gasteiger partial charge in [-0.05, 0) is 35.4 Å². The molecule has 0 aromatic heterocycles. The van der Waals surface area contributed by atoms with Gasteiger partial charge in [-0.1, -0.05) is 24.3 Å². The quantitative estimate of drug-likeness (QED) is 0.812. The standard InChI is InChI=1S/C19H18F4N2O2/c20-16-7-1-13(2-8-16)11-24-18(26)25-9-10-27-17(12-25)14-3-5-15(6-4-14)19(21,22)23/h1-8,17H,9-12H2,(H,24,26)/t17-/m0/s1. The van der Waals surface area contributed by atoms with Crippen molar-refractivity contribution >= 4 is 6.03 Å². The number of nitrogens with zero attached hydrogens (tertiary/aromatic N) is 1. The lowest BCUT2D eigenvalue weighted by Crippen LogP contribution is -2.46. The Morgan fingerprint density at radius 3 is 2.41 bits per heavy atom. The van der Waals surface area contributed by atoms with Crippen LogP contribution in [-0.2, 0) is 17.5 Å². The van der Waals surface area contributed by atoms with Gasteiger partial charge in [0.1, 0.15) is 11.9 Å². The minimum Gasteiger partial charge on any atom is -0.370 e. The number of nitrogens with one attached hydrogen (secondary N) is 1. The first-order valence-electron chi connectivity index (χ1n) is 8.39. The van der Waals surface area contributed by atoms with Gasteiger partial charge < -0.3 is 15.0 Å². The highest BCUT2D eigenvalue weighted by molar-refractivity contribution is 5.74. The summed E-state index contributed by atoms with van der Waals surface area (Å²) in [6, 6.07) is 10.2. The number of benzene rings is 2. The molecule has 0 radical (unpaired) electrons. The normalized spacial score (nSPS) is 17.6. The summed E-state index contributed by atoms with van der Waals surface area (Å²) in [5.74, 6) is -0.349. The molecule has 4 nitrogen and oxygen atoms in total. The molecule has 2 aromatic carbocycles. The van der Waals surface area contributed by atoms with Crippen LogP contribution in [0.2, 0.25) is 0 Å². The van der Waals surface area contributed by atoms with Crippen molar-refractivity contribution < 1.29 is 27.1 Å². The number of carbonyl (C=O) groups excluding carboxylic acids is 1. The number of ether oxygens (including phenoxy) is 1. The maximum atomic E-state index is 12.9. The summed E-state index contributed by atoms with van der Waals surface area (Å²) in [5, 5.41) is 2.75. The van der Waals surface area contributed by atoms with E-state index >= 15 is 0 Å². The van der Waals surface area contributed by atoms with E-state index in [1.54, 1.807) is 17.0 Å². The Balaban J connectivity index is 1.58. The van der Waals surface area contributed by atoms with Gasteiger partial charge in [-0.25, -0.2) is 9.18 Å². The minimum atomic E-state index is -4.39. The Labute approximate surface area is 153 Å². The molecular formula is C19H18F4N2O2. The largest absolute Gasteiger partial charge is 0.416 e. The monoisotopic (exact) mass is 382 g/mol. The predicted octanol–water partition coefficient (Wildman–Crippen LogP) is 4.13. The van der Waals surface area contributed by atoms with Gasteiger partial charge in [0, 0.05) is 13.1 Å². The van der Waals surface area contributed by atoms with Crippen LogP contribution < -0.4 is 5.32 Å². The van der Waals surface area contributed by atoms with Crippen molar-refractivity contribution in [3.63, 3.8) is 0 Å². The topological polar surface area (TPSA) is 41.6 Å².